The largest absolute Gasteiger partial charge is 0.463 e. The zero-order valence-electron chi connectivity index (χ0n) is 9.35. The third-order valence-electron chi connectivity index (χ3n) is 2.23. The van der Waals surface area contributed by atoms with Crippen molar-refractivity contribution in [2.75, 3.05) is 7.11 Å². The van der Waals surface area contributed by atoms with Crippen molar-refractivity contribution < 1.29 is 9.53 Å². The third kappa shape index (κ3) is 2.62. The summed E-state index contributed by atoms with van der Waals surface area (Å²) in [6.45, 7) is 0. The third-order valence-corrected chi connectivity index (χ3v) is 3.84. The molecule has 0 saturated carbocycles. The van der Waals surface area contributed by atoms with Gasteiger partial charge in [0.05, 0.1) is 16.4 Å². The maximum atomic E-state index is 11.5. The lowest BCUT2D eigenvalue weighted by Gasteiger charge is -2.07. The number of methoxy groups -OCH3 is 1. The minimum atomic E-state index is -0.606. The average Bonchev–Trinajstić information content (AvgIpc) is 2.41. The molecular weight excluding hydrogens is 367 g/mol. The number of halogens is 2. The molecule has 0 saturated heterocycles. The number of esters is 1. The van der Waals surface area contributed by atoms with Crippen LogP contribution in [0.15, 0.2) is 30.3 Å². The first kappa shape index (κ1) is 13.2. The fourth-order valence-electron chi connectivity index (χ4n) is 1.39. The Morgan fingerprint density at radius 3 is 2.56 bits per heavy atom. The fraction of sp³-hybridized carbons (Fsp3) is 0.0833. The molecule has 0 aliphatic carbocycles. The predicted molar refractivity (Wildman–Crippen MR) is 76.5 cm³/mol. The van der Waals surface area contributed by atoms with Crippen LogP contribution in [-0.4, -0.2) is 23.0 Å². The van der Waals surface area contributed by atoms with Crippen LogP contribution in [0.25, 0.3) is 11.3 Å². The van der Waals surface area contributed by atoms with Gasteiger partial charge in [0.25, 0.3) is 0 Å². The van der Waals surface area contributed by atoms with Gasteiger partial charge in [0.15, 0.2) is 0 Å². The van der Waals surface area contributed by atoms with Gasteiger partial charge in [-0.15, -0.1) is 0 Å². The van der Waals surface area contributed by atoms with E-state index in [-0.39, 0.29) is 11.0 Å². The summed E-state index contributed by atoms with van der Waals surface area (Å²) in [6, 6.07) is 9.46. The fourth-order valence-corrected chi connectivity index (χ4v) is 2.11. The van der Waals surface area contributed by atoms with E-state index in [4.69, 9.17) is 11.6 Å². The van der Waals surface area contributed by atoms with Crippen molar-refractivity contribution in [1.29, 1.82) is 0 Å². The van der Waals surface area contributed by atoms with Crippen LogP contribution < -0.4 is 0 Å². The van der Waals surface area contributed by atoms with Crippen molar-refractivity contribution in [3.05, 3.63) is 44.9 Å². The first-order valence-corrected chi connectivity index (χ1v) is 6.46. The van der Waals surface area contributed by atoms with Crippen LogP contribution in [0.5, 0.6) is 0 Å². The molecule has 2 aromatic rings. The normalized spacial score (nSPS) is 10.2. The highest BCUT2D eigenvalue weighted by Crippen LogP contribution is 2.27. The van der Waals surface area contributed by atoms with Crippen LogP contribution in [0.2, 0.25) is 5.15 Å². The molecule has 4 nitrogen and oxygen atoms in total. The van der Waals surface area contributed by atoms with Crippen molar-refractivity contribution in [2.24, 2.45) is 0 Å². The molecular formula is C12H8ClIN2O2. The highest BCUT2D eigenvalue weighted by Gasteiger charge is 2.17. The number of benzene rings is 1. The average molecular weight is 375 g/mol. The SMILES string of the molecule is COC(=O)c1nc(Cl)c(I)c(-c2ccccc2)n1. The zero-order valence-corrected chi connectivity index (χ0v) is 12.3. The number of carbonyl (C=O) groups is 1. The quantitative estimate of drug-likeness (QED) is 0.460. The Kier molecular flexibility index (Phi) is 4.13. The minimum Gasteiger partial charge on any atom is -0.463 e. The summed E-state index contributed by atoms with van der Waals surface area (Å²) in [7, 11) is 1.28. The standard InChI is InChI=1S/C12H8ClIN2O2/c1-18-12(17)11-15-9(8(14)10(13)16-11)7-5-3-2-4-6-7/h2-6H,1H3. The number of carbonyl (C=O) groups excluding carboxylic acids is 1. The molecule has 0 N–H and O–H groups in total. The molecule has 6 heteroatoms. The second-order valence-corrected chi connectivity index (χ2v) is 4.79. The zero-order chi connectivity index (χ0) is 13.1. The van der Waals surface area contributed by atoms with Gasteiger partial charge in [0, 0.05) is 5.56 Å². The van der Waals surface area contributed by atoms with Gasteiger partial charge in [-0.3, -0.25) is 0 Å². The number of hydrogen-bond donors (Lipinski definition) is 0. The Labute approximate surface area is 122 Å². The molecule has 92 valence electrons. The van der Waals surface area contributed by atoms with Crippen molar-refractivity contribution in [2.45, 2.75) is 0 Å². The maximum absolute atomic E-state index is 11.5. The Hall–Kier alpha value is -1.21. The minimum absolute atomic E-state index is 0.0400. The molecule has 0 bridgehead atoms. The van der Waals surface area contributed by atoms with Gasteiger partial charge in [-0.25, -0.2) is 14.8 Å². The van der Waals surface area contributed by atoms with Gasteiger partial charge in [-0.05, 0) is 22.6 Å². The topological polar surface area (TPSA) is 52.1 Å². The second-order valence-electron chi connectivity index (χ2n) is 3.36. The summed E-state index contributed by atoms with van der Waals surface area (Å²) in [6.07, 6.45) is 0. The maximum Gasteiger partial charge on any atom is 0.376 e. The number of aromatic nitrogens is 2. The summed E-state index contributed by atoms with van der Waals surface area (Å²) in [5, 5.41) is 0.241. The van der Waals surface area contributed by atoms with Crippen molar-refractivity contribution in [3.8, 4) is 11.3 Å². The monoisotopic (exact) mass is 374 g/mol. The Balaban J connectivity index is 2.60. The molecule has 2 rings (SSSR count). The van der Waals surface area contributed by atoms with E-state index in [9.17, 15) is 4.79 Å². The summed E-state index contributed by atoms with van der Waals surface area (Å²) in [5.41, 5.74) is 1.49. The van der Waals surface area contributed by atoms with Gasteiger partial charge < -0.3 is 4.74 Å². The summed E-state index contributed by atoms with van der Waals surface area (Å²) in [4.78, 5) is 19.6. The van der Waals surface area contributed by atoms with Crippen LogP contribution in [-0.2, 0) is 4.74 Å². The van der Waals surface area contributed by atoms with Crippen molar-refractivity contribution >= 4 is 40.2 Å². The highest BCUT2D eigenvalue weighted by molar-refractivity contribution is 14.1. The number of rotatable bonds is 2. The van der Waals surface area contributed by atoms with Crippen molar-refractivity contribution in [3.63, 3.8) is 0 Å². The van der Waals surface area contributed by atoms with Gasteiger partial charge in [0.1, 0.15) is 5.15 Å². The number of nitrogens with zero attached hydrogens (tertiary/aromatic N) is 2. The van der Waals surface area contributed by atoms with Gasteiger partial charge >= 0.3 is 5.97 Å². The van der Waals surface area contributed by atoms with E-state index >= 15 is 0 Å². The summed E-state index contributed by atoms with van der Waals surface area (Å²) >= 11 is 8.06. The van der Waals surface area contributed by atoms with Gasteiger partial charge in [-0.1, -0.05) is 41.9 Å². The number of hydrogen-bond acceptors (Lipinski definition) is 4. The summed E-state index contributed by atoms with van der Waals surface area (Å²) < 4.78 is 5.30. The van der Waals surface area contributed by atoms with Crippen LogP contribution in [0.3, 0.4) is 0 Å². The summed E-state index contributed by atoms with van der Waals surface area (Å²) in [5.74, 6) is -0.646. The molecule has 0 fully saturated rings. The molecule has 0 unspecified atom stereocenters. The first-order valence-electron chi connectivity index (χ1n) is 5.00. The van der Waals surface area contributed by atoms with E-state index in [2.05, 4.69) is 37.3 Å². The first-order chi connectivity index (χ1) is 8.63. The second kappa shape index (κ2) is 5.62. The highest BCUT2D eigenvalue weighted by atomic mass is 127. The molecule has 0 spiro atoms. The number of ether oxygens (including phenoxy) is 1. The van der Waals surface area contributed by atoms with Gasteiger partial charge in [0.2, 0.25) is 5.82 Å². The Bertz CT molecular complexity index is 590. The van der Waals surface area contributed by atoms with E-state index in [1.54, 1.807) is 0 Å². The van der Waals surface area contributed by atoms with Crippen LogP contribution >= 0.6 is 34.2 Å². The molecule has 0 radical (unpaired) electrons. The van der Waals surface area contributed by atoms with Crippen LogP contribution in [0, 0.1) is 3.57 Å². The molecule has 0 amide bonds. The van der Waals surface area contributed by atoms with E-state index in [1.165, 1.54) is 7.11 Å². The van der Waals surface area contributed by atoms with Crippen LogP contribution in [0.1, 0.15) is 10.6 Å². The van der Waals surface area contributed by atoms with E-state index in [0.717, 1.165) is 5.56 Å². The molecule has 1 aromatic heterocycles. The molecule has 0 aliphatic heterocycles. The smallest absolute Gasteiger partial charge is 0.376 e. The van der Waals surface area contributed by atoms with Crippen molar-refractivity contribution in [1.82, 2.24) is 9.97 Å². The van der Waals surface area contributed by atoms with Crippen LogP contribution in [0.4, 0.5) is 0 Å². The Morgan fingerprint density at radius 1 is 1.28 bits per heavy atom. The van der Waals surface area contributed by atoms with Gasteiger partial charge in [-0.2, -0.15) is 0 Å². The van der Waals surface area contributed by atoms with E-state index < -0.39 is 5.97 Å². The van der Waals surface area contributed by atoms with E-state index in [1.807, 2.05) is 30.3 Å². The molecule has 0 aliphatic rings. The lowest BCUT2D eigenvalue weighted by molar-refractivity contribution is 0.0587. The molecule has 1 heterocycles. The lowest BCUT2D eigenvalue weighted by Crippen LogP contribution is -2.09. The Morgan fingerprint density at radius 2 is 1.94 bits per heavy atom. The molecule has 18 heavy (non-hydrogen) atoms. The lowest BCUT2D eigenvalue weighted by atomic mass is 10.1. The van der Waals surface area contributed by atoms with E-state index in [0.29, 0.717) is 9.26 Å². The molecule has 1 aromatic carbocycles. The molecule has 0 atom stereocenters. The predicted octanol–water partition coefficient (Wildman–Crippen LogP) is 3.19.